The van der Waals surface area contributed by atoms with Crippen LogP contribution in [0.15, 0.2) is 30.5 Å². The third-order valence-corrected chi connectivity index (χ3v) is 5.69. The summed E-state index contributed by atoms with van der Waals surface area (Å²) in [6.07, 6.45) is 1.81. The Bertz CT molecular complexity index is 826. The van der Waals surface area contributed by atoms with Crippen LogP contribution in [0, 0.1) is 0 Å². The zero-order valence-electron chi connectivity index (χ0n) is 15.9. The molecule has 1 saturated heterocycles. The molecule has 1 aliphatic heterocycles. The number of hydrogen-bond acceptors (Lipinski definition) is 6. The first-order chi connectivity index (χ1) is 13.4. The summed E-state index contributed by atoms with van der Waals surface area (Å²) < 4.78 is 0. The molecule has 1 atom stereocenters. The van der Waals surface area contributed by atoms with Crippen molar-refractivity contribution < 1.29 is 9.59 Å². The van der Waals surface area contributed by atoms with Crippen LogP contribution >= 0.6 is 22.9 Å². The molecule has 1 aliphatic rings. The maximum Gasteiger partial charge on any atom is 0.238 e. The number of nitrogens with one attached hydrogen (secondary N) is 2. The minimum Gasteiger partial charge on any atom is -0.325 e. The van der Waals surface area contributed by atoms with Gasteiger partial charge in [-0.2, -0.15) is 0 Å². The first-order valence-corrected chi connectivity index (χ1v) is 10.3. The normalized spacial score (nSPS) is 18.0. The lowest BCUT2D eigenvalue weighted by Crippen LogP contribution is -2.52. The monoisotopic (exact) mass is 421 g/mol. The lowest BCUT2D eigenvalue weighted by molar-refractivity contribution is -0.118. The van der Waals surface area contributed by atoms with Crippen LogP contribution in [0.3, 0.4) is 0 Å². The van der Waals surface area contributed by atoms with E-state index in [2.05, 4.69) is 32.3 Å². The van der Waals surface area contributed by atoms with Gasteiger partial charge in [0.25, 0.3) is 0 Å². The SMILES string of the molecule is CC(=O)Nc1ncc(CN2CCN(CC(=O)Nc3ccc(Cl)cc3)C[C@@H]2C)s1. The maximum absolute atomic E-state index is 12.3. The molecule has 0 radical (unpaired) electrons. The van der Waals surface area contributed by atoms with Gasteiger partial charge in [-0.05, 0) is 31.2 Å². The average Bonchev–Trinajstić information content (AvgIpc) is 3.05. The lowest BCUT2D eigenvalue weighted by Gasteiger charge is -2.39. The van der Waals surface area contributed by atoms with Crippen molar-refractivity contribution in [2.75, 3.05) is 36.8 Å². The van der Waals surface area contributed by atoms with Crippen molar-refractivity contribution in [1.29, 1.82) is 0 Å². The molecule has 0 saturated carbocycles. The predicted octanol–water partition coefficient (Wildman–Crippen LogP) is 2.90. The molecule has 1 fully saturated rings. The molecule has 0 bridgehead atoms. The summed E-state index contributed by atoms with van der Waals surface area (Å²) in [6, 6.07) is 7.43. The van der Waals surface area contributed by atoms with E-state index >= 15 is 0 Å². The quantitative estimate of drug-likeness (QED) is 0.749. The number of piperazine rings is 1. The highest BCUT2D eigenvalue weighted by Crippen LogP contribution is 2.22. The van der Waals surface area contributed by atoms with E-state index in [9.17, 15) is 9.59 Å². The summed E-state index contributed by atoms with van der Waals surface area (Å²) in [5.41, 5.74) is 0.751. The standard InChI is InChI=1S/C19H24ClN5O2S/c1-13-10-24(12-18(27)23-16-5-3-15(20)4-6-16)7-8-25(13)11-17-9-21-19(28-17)22-14(2)26/h3-6,9,13H,7-8,10-12H2,1-2H3,(H,23,27)(H,21,22,26)/t13-/m0/s1. The van der Waals surface area contributed by atoms with E-state index in [0.29, 0.717) is 22.7 Å². The van der Waals surface area contributed by atoms with Crippen molar-refractivity contribution in [3.63, 3.8) is 0 Å². The van der Waals surface area contributed by atoms with E-state index in [1.165, 1.54) is 18.3 Å². The summed E-state index contributed by atoms with van der Waals surface area (Å²) in [5, 5.41) is 6.90. The van der Waals surface area contributed by atoms with E-state index in [0.717, 1.165) is 36.7 Å². The number of amides is 2. The van der Waals surface area contributed by atoms with Crippen molar-refractivity contribution in [2.45, 2.75) is 26.4 Å². The molecule has 0 spiro atoms. The second-order valence-corrected chi connectivity index (χ2v) is 8.47. The molecule has 2 N–H and O–H groups in total. The first kappa shape index (κ1) is 20.7. The minimum absolute atomic E-state index is 0.0228. The van der Waals surface area contributed by atoms with Crippen molar-refractivity contribution in [2.24, 2.45) is 0 Å². The number of hydrogen-bond donors (Lipinski definition) is 2. The smallest absolute Gasteiger partial charge is 0.238 e. The van der Waals surface area contributed by atoms with Crippen LogP contribution in [0.2, 0.25) is 5.02 Å². The molecule has 2 heterocycles. The molecule has 150 valence electrons. The van der Waals surface area contributed by atoms with Gasteiger partial charge in [-0.1, -0.05) is 11.6 Å². The number of aromatic nitrogens is 1. The number of nitrogens with zero attached hydrogens (tertiary/aromatic N) is 3. The van der Waals surface area contributed by atoms with Crippen LogP contribution in [-0.2, 0) is 16.1 Å². The van der Waals surface area contributed by atoms with E-state index < -0.39 is 0 Å². The van der Waals surface area contributed by atoms with Gasteiger partial charge in [-0.15, -0.1) is 11.3 Å². The van der Waals surface area contributed by atoms with E-state index in [1.54, 1.807) is 24.3 Å². The fourth-order valence-corrected chi connectivity index (χ4v) is 4.19. The molecule has 7 nitrogen and oxygen atoms in total. The Morgan fingerprint density at radius 1 is 1.25 bits per heavy atom. The minimum atomic E-state index is -0.111. The predicted molar refractivity (Wildman–Crippen MR) is 113 cm³/mol. The molecular formula is C19H24ClN5O2S. The molecule has 28 heavy (non-hydrogen) atoms. The van der Waals surface area contributed by atoms with Crippen LogP contribution in [0.4, 0.5) is 10.8 Å². The van der Waals surface area contributed by atoms with Crippen LogP contribution < -0.4 is 10.6 Å². The van der Waals surface area contributed by atoms with Crippen LogP contribution in [-0.4, -0.2) is 58.8 Å². The van der Waals surface area contributed by atoms with Gasteiger partial charge < -0.3 is 10.6 Å². The van der Waals surface area contributed by atoms with Crippen LogP contribution in [0.1, 0.15) is 18.7 Å². The number of carbonyl (C=O) groups excluding carboxylic acids is 2. The first-order valence-electron chi connectivity index (χ1n) is 9.13. The van der Waals surface area contributed by atoms with Gasteiger partial charge in [-0.3, -0.25) is 19.4 Å². The van der Waals surface area contributed by atoms with Gasteiger partial charge in [0.15, 0.2) is 5.13 Å². The number of thiazole rings is 1. The topological polar surface area (TPSA) is 77.6 Å². The molecule has 3 rings (SSSR count). The zero-order chi connectivity index (χ0) is 20.1. The number of anilines is 2. The fourth-order valence-electron chi connectivity index (χ4n) is 3.18. The van der Waals surface area contributed by atoms with E-state index in [4.69, 9.17) is 11.6 Å². The Kier molecular flexibility index (Phi) is 7.01. The average molecular weight is 422 g/mol. The second kappa shape index (κ2) is 9.47. The second-order valence-electron chi connectivity index (χ2n) is 6.92. The van der Waals surface area contributed by atoms with Crippen molar-refractivity contribution in [3.05, 3.63) is 40.4 Å². The summed E-state index contributed by atoms with van der Waals surface area (Å²) in [4.78, 5) is 33.3. The van der Waals surface area contributed by atoms with E-state index in [1.807, 2.05) is 6.20 Å². The van der Waals surface area contributed by atoms with E-state index in [-0.39, 0.29) is 11.8 Å². The van der Waals surface area contributed by atoms with Gasteiger partial charge in [0.1, 0.15) is 0 Å². The Labute approximate surface area is 173 Å². The largest absolute Gasteiger partial charge is 0.325 e. The van der Waals surface area contributed by atoms with Gasteiger partial charge in [0.05, 0.1) is 6.54 Å². The molecule has 1 aromatic carbocycles. The zero-order valence-corrected chi connectivity index (χ0v) is 17.5. The third kappa shape index (κ3) is 6.00. The Morgan fingerprint density at radius 2 is 2.00 bits per heavy atom. The molecular weight excluding hydrogens is 398 g/mol. The Morgan fingerprint density at radius 3 is 2.68 bits per heavy atom. The highest BCUT2D eigenvalue weighted by Gasteiger charge is 2.25. The summed E-state index contributed by atoms with van der Waals surface area (Å²) in [5.74, 6) is -0.134. The van der Waals surface area contributed by atoms with Crippen molar-refractivity contribution >= 4 is 45.6 Å². The third-order valence-electron chi connectivity index (χ3n) is 4.54. The fraction of sp³-hybridized carbons (Fsp3) is 0.421. The Balaban J connectivity index is 1.46. The molecule has 9 heteroatoms. The van der Waals surface area contributed by atoms with Crippen LogP contribution in [0.5, 0.6) is 0 Å². The summed E-state index contributed by atoms with van der Waals surface area (Å²) in [6.45, 7) is 7.34. The van der Waals surface area contributed by atoms with Crippen molar-refractivity contribution in [1.82, 2.24) is 14.8 Å². The maximum atomic E-state index is 12.3. The molecule has 2 amide bonds. The highest BCUT2D eigenvalue weighted by atomic mass is 35.5. The number of halogens is 1. The lowest BCUT2D eigenvalue weighted by atomic mass is 10.2. The number of carbonyl (C=O) groups is 2. The Hall–Kier alpha value is -2.00. The number of rotatable bonds is 6. The van der Waals surface area contributed by atoms with Gasteiger partial charge in [0.2, 0.25) is 11.8 Å². The number of benzene rings is 1. The summed E-state index contributed by atoms with van der Waals surface area (Å²) in [7, 11) is 0. The van der Waals surface area contributed by atoms with Gasteiger partial charge >= 0.3 is 0 Å². The van der Waals surface area contributed by atoms with Gasteiger partial charge in [-0.25, -0.2) is 4.98 Å². The highest BCUT2D eigenvalue weighted by molar-refractivity contribution is 7.15. The molecule has 1 aromatic heterocycles. The molecule has 0 aliphatic carbocycles. The molecule has 2 aromatic rings. The van der Waals surface area contributed by atoms with Crippen molar-refractivity contribution in [3.8, 4) is 0 Å². The molecule has 0 unspecified atom stereocenters. The summed E-state index contributed by atoms with van der Waals surface area (Å²) >= 11 is 7.37. The van der Waals surface area contributed by atoms with Gasteiger partial charge in [0, 0.05) is 60.9 Å². The van der Waals surface area contributed by atoms with Crippen LogP contribution in [0.25, 0.3) is 0 Å².